The molecule has 1 fully saturated rings. The maximum atomic E-state index is 10.9. The monoisotopic (exact) mass is 267 g/mol. The van der Waals surface area contributed by atoms with Crippen LogP contribution in [0.2, 0.25) is 5.02 Å². The van der Waals surface area contributed by atoms with Crippen LogP contribution in [0.4, 0.5) is 5.82 Å². The van der Waals surface area contributed by atoms with Crippen LogP contribution in [0.15, 0.2) is 18.3 Å². The number of amides is 1. The van der Waals surface area contributed by atoms with Gasteiger partial charge in [-0.15, -0.1) is 0 Å². The summed E-state index contributed by atoms with van der Waals surface area (Å²) in [5.74, 6) is 1.62. The number of rotatable bonds is 3. The average Bonchev–Trinajstić information content (AvgIpc) is 2.38. The summed E-state index contributed by atoms with van der Waals surface area (Å²) in [6.45, 7) is 4.32. The third kappa shape index (κ3) is 3.60. The molecule has 2 rings (SSSR count). The van der Waals surface area contributed by atoms with Gasteiger partial charge in [0.2, 0.25) is 5.91 Å². The molecular weight excluding hydrogens is 250 g/mol. The van der Waals surface area contributed by atoms with E-state index in [2.05, 4.69) is 15.2 Å². The molecule has 98 valence electrons. The normalized spacial score (nSPS) is 16.7. The highest BCUT2D eigenvalue weighted by molar-refractivity contribution is 6.30. The van der Waals surface area contributed by atoms with Crippen LogP contribution in [0.1, 0.15) is 19.8 Å². The highest BCUT2D eigenvalue weighted by atomic mass is 35.5. The molecule has 1 aliphatic rings. The molecule has 5 heteroatoms. The number of hydrogen-bond donors (Lipinski definition) is 1. The summed E-state index contributed by atoms with van der Waals surface area (Å²) >= 11 is 5.82. The molecule has 1 aromatic heterocycles. The Morgan fingerprint density at radius 3 is 2.78 bits per heavy atom. The van der Waals surface area contributed by atoms with Crippen molar-refractivity contribution in [3.8, 4) is 0 Å². The van der Waals surface area contributed by atoms with Crippen molar-refractivity contribution in [2.75, 3.05) is 24.5 Å². The van der Waals surface area contributed by atoms with E-state index in [1.54, 1.807) is 13.1 Å². The first-order valence-electron chi connectivity index (χ1n) is 6.26. The van der Waals surface area contributed by atoms with Crippen molar-refractivity contribution in [3.63, 3.8) is 0 Å². The molecule has 0 aliphatic carbocycles. The van der Waals surface area contributed by atoms with Crippen LogP contribution in [0, 0.1) is 5.92 Å². The van der Waals surface area contributed by atoms with Gasteiger partial charge in [0.1, 0.15) is 5.82 Å². The van der Waals surface area contributed by atoms with Crippen LogP contribution in [-0.4, -0.2) is 30.5 Å². The van der Waals surface area contributed by atoms with Gasteiger partial charge in [-0.2, -0.15) is 0 Å². The summed E-state index contributed by atoms with van der Waals surface area (Å²) in [7, 11) is 0. The largest absolute Gasteiger partial charge is 0.357 e. The molecule has 1 amide bonds. The molecule has 0 aromatic carbocycles. The molecule has 4 nitrogen and oxygen atoms in total. The number of carbonyl (C=O) groups excluding carboxylic acids is 1. The van der Waals surface area contributed by atoms with Gasteiger partial charge in [0.05, 0.1) is 5.02 Å². The van der Waals surface area contributed by atoms with Crippen molar-refractivity contribution >= 4 is 23.3 Å². The van der Waals surface area contributed by atoms with E-state index in [0.29, 0.717) is 10.9 Å². The van der Waals surface area contributed by atoms with Crippen molar-refractivity contribution in [2.24, 2.45) is 5.92 Å². The highest BCUT2D eigenvalue weighted by Gasteiger charge is 2.20. The molecule has 2 heterocycles. The molecule has 0 atom stereocenters. The van der Waals surface area contributed by atoms with Crippen LogP contribution in [0.5, 0.6) is 0 Å². The van der Waals surface area contributed by atoms with E-state index in [1.807, 2.05) is 12.1 Å². The second-order valence-electron chi connectivity index (χ2n) is 4.70. The van der Waals surface area contributed by atoms with Gasteiger partial charge in [0.15, 0.2) is 0 Å². The van der Waals surface area contributed by atoms with Crippen molar-refractivity contribution in [2.45, 2.75) is 19.8 Å². The van der Waals surface area contributed by atoms with E-state index in [4.69, 9.17) is 11.6 Å². The van der Waals surface area contributed by atoms with Crippen LogP contribution in [0.25, 0.3) is 0 Å². The van der Waals surface area contributed by atoms with Gasteiger partial charge in [0.25, 0.3) is 0 Å². The number of halogens is 1. The summed E-state index contributed by atoms with van der Waals surface area (Å²) in [4.78, 5) is 17.5. The zero-order valence-electron chi connectivity index (χ0n) is 10.5. The lowest BCUT2D eigenvalue weighted by Gasteiger charge is -2.32. The van der Waals surface area contributed by atoms with Crippen molar-refractivity contribution < 1.29 is 4.79 Å². The Bertz CT molecular complexity index is 399. The molecule has 0 bridgehead atoms. The van der Waals surface area contributed by atoms with E-state index in [0.717, 1.165) is 38.3 Å². The number of carbonyl (C=O) groups is 1. The molecule has 1 N–H and O–H groups in total. The molecule has 1 aromatic rings. The van der Waals surface area contributed by atoms with Crippen molar-refractivity contribution in [1.82, 2.24) is 10.3 Å². The summed E-state index contributed by atoms with van der Waals surface area (Å²) in [5, 5.41) is 3.55. The Morgan fingerprint density at radius 1 is 1.50 bits per heavy atom. The summed E-state index contributed by atoms with van der Waals surface area (Å²) in [6, 6.07) is 3.82. The van der Waals surface area contributed by atoms with Gasteiger partial charge in [-0.25, -0.2) is 4.98 Å². The second-order valence-corrected chi connectivity index (χ2v) is 5.14. The van der Waals surface area contributed by atoms with Gasteiger partial charge >= 0.3 is 0 Å². The van der Waals surface area contributed by atoms with E-state index in [-0.39, 0.29) is 5.91 Å². The minimum Gasteiger partial charge on any atom is -0.357 e. The zero-order valence-corrected chi connectivity index (χ0v) is 11.3. The van der Waals surface area contributed by atoms with Gasteiger partial charge in [-0.3, -0.25) is 4.79 Å². The van der Waals surface area contributed by atoms with Gasteiger partial charge < -0.3 is 10.2 Å². The first kappa shape index (κ1) is 13.1. The number of aromatic nitrogens is 1. The predicted molar refractivity (Wildman–Crippen MR) is 72.9 cm³/mol. The number of hydrogen-bond acceptors (Lipinski definition) is 3. The standard InChI is InChI=1S/C13H18ClN3O/c1-10(18)15-8-11-4-6-17(7-5-11)13-3-2-12(14)9-16-13/h2-3,9,11H,4-8H2,1H3,(H,15,18). The molecule has 0 saturated carbocycles. The van der Waals surface area contributed by atoms with Crippen LogP contribution in [-0.2, 0) is 4.79 Å². The summed E-state index contributed by atoms with van der Waals surface area (Å²) in [5.41, 5.74) is 0. The van der Waals surface area contributed by atoms with Crippen molar-refractivity contribution in [1.29, 1.82) is 0 Å². The molecule has 0 radical (unpaired) electrons. The summed E-state index contributed by atoms with van der Waals surface area (Å²) < 4.78 is 0. The minimum atomic E-state index is 0.0526. The first-order chi connectivity index (χ1) is 8.65. The fourth-order valence-corrected chi connectivity index (χ4v) is 2.32. The number of pyridine rings is 1. The quantitative estimate of drug-likeness (QED) is 0.912. The number of anilines is 1. The van der Waals surface area contributed by atoms with E-state index >= 15 is 0 Å². The Labute approximate surface area is 112 Å². The number of piperidine rings is 1. The molecule has 18 heavy (non-hydrogen) atoms. The van der Waals surface area contributed by atoms with E-state index in [9.17, 15) is 4.79 Å². The smallest absolute Gasteiger partial charge is 0.216 e. The SMILES string of the molecule is CC(=O)NCC1CCN(c2ccc(Cl)cn2)CC1. The fraction of sp³-hybridized carbons (Fsp3) is 0.538. The Kier molecular flexibility index (Phi) is 4.42. The molecule has 0 spiro atoms. The molecule has 1 aliphatic heterocycles. The number of nitrogens with one attached hydrogen (secondary N) is 1. The molecule has 1 saturated heterocycles. The van der Waals surface area contributed by atoms with Crippen molar-refractivity contribution in [3.05, 3.63) is 23.4 Å². The zero-order chi connectivity index (χ0) is 13.0. The van der Waals surface area contributed by atoms with E-state index < -0.39 is 0 Å². The fourth-order valence-electron chi connectivity index (χ4n) is 2.21. The Balaban J connectivity index is 1.83. The van der Waals surface area contributed by atoms with Gasteiger partial charge in [-0.1, -0.05) is 11.6 Å². The second kappa shape index (κ2) is 6.05. The van der Waals surface area contributed by atoms with Crippen LogP contribution in [0.3, 0.4) is 0 Å². The predicted octanol–water partition coefficient (Wildman–Crippen LogP) is 2.09. The topological polar surface area (TPSA) is 45.2 Å². The molecule has 0 unspecified atom stereocenters. The minimum absolute atomic E-state index is 0.0526. The number of nitrogens with zero attached hydrogens (tertiary/aromatic N) is 2. The Morgan fingerprint density at radius 2 is 2.22 bits per heavy atom. The van der Waals surface area contributed by atoms with Gasteiger partial charge in [0, 0.05) is 32.8 Å². The molecular formula is C13H18ClN3O. The Hall–Kier alpha value is -1.29. The first-order valence-corrected chi connectivity index (χ1v) is 6.64. The summed E-state index contributed by atoms with van der Waals surface area (Å²) in [6.07, 6.45) is 3.86. The third-order valence-corrected chi connectivity index (χ3v) is 3.51. The lowest BCUT2D eigenvalue weighted by atomic mass is 9.97. The van der Waals surface area contributed by atoms with E-state index in [1.165, 1.54) is 0 Å². The third-order valence-electron chi connectivity index (χ3n) is 3.29. The maximum absolute atomic E-state index is 10.9. The average molecular weight is 268 g/mol. The lowest BCUT2D eigenvalue weighted by Crippen LogP contribution is -2.38. The lowest BCUT2D eigenvalue weighted by molar-refractivity contribution is -0.119. The highest BCUT2D eigenvalue weighted by Crippen LogP contribution is 2.22. The van der Waals surface area contributed by atoms with Crippen LogP contribution < -0.4 is 10.2 Å². The van der Waals surface area contributed by atoms with Crippen LogP contribution >= 0.6 is 11.6 Å². The van der Waals surface area contributed by atoms with Gasteiger partial charge in [-0.05, 0) is 30.9 Å². The maximum Gasteiger partial charge on any atom is 0.216 e.